The Morgan fingerprint density at radius 1 is 1.00 bits per heavy atom. The van der Waals surface area contributed by atoms with Gasteiger partial charge in [0.2, 0.25) is 0 Å². The van der Waals surface area contributed by atoms with Crippen molar-refractivity contribution in [2.45, 2.75) is 59.0 Å². The van der Waals surface area contributed by atoms with Gasteiger partial charge in [0.1, 0.15) is 0 Å². The molecule has 0 amide bonds. The average molecular weight is 270 g/mol. The summed E-state index contributed by atoms with van der Waals surface area (Å²) in [5.74, 6) is 0. The lowest BCUT2D eigenvalue weighted by molar-refractivity contribution is 0.187. The van der Waals surface area contributed by atoms with Crippen LogP contribution in [0.4, 0.5) is 0 Å². The Hall–Kier alpha value is 0.0400. The van der Waals surface area contributed by atoms with Crippen molar-refractivity contribution in [3.63, 3.8) is 0 Å². The minimum absolute atomic E-state index is 0.243. The Bertz CT molecular complexity index is 354. The summed E-state index contributed by atoms with van der Waals surface area (Å²) in [6.07, 6.45) is 0. The van der Waals surface area contributed by atoms with E-state index in [0.717, 1.165) is 6.61 Å². The van der Waals surface area contributed by atoms with E-state index in [9.17, 15) is 0 Å². The van der Waals surface area contributed by atoms with Crippen molar-refractivity contribution >= 4 is 16.4 Å². The van der Waals surface area contributed by atoms with Gasteiger partial charge in [0, 0.05) is 17.4 Å². The number of rotatable bonds is 2. The first-order chi connectivity index (χ1) is 7.64. The number of hydrogen-bond acceptors (Lipinski definition) is 1. The molecule has 0 unspecified atom stereocenters. The predicted octanol–water partition coefficient (Wildman–Crippen LogP) is 5.59. The van der Waals surface area contributed by atoms with Crippen LogP contribution in [0, 0.1) is 0 Å². The molecule has 0 aliphatic carbocycles. The second-order valence-electron chi connectivity index (χ2n) is 6.50. The third-order valence-electron chi connectivity index (χ3n) is 2.51. The zero-order chi connectivity index (χ0) is 13.3. The summed E-state index contributed by atoms with van der Waals surface area (Å²) in [6, 6.07) is 2.35. The molecule has 17 heavy (non-hydrogen) atoms. The Labute approximate surface area is 109 Å². The van der Waals surface area contributed by atoms with Gasteiger partial charge in [-0.1, -0.05) is 57.9 Å². The summed E-state index contributed by atoms with van der Waals surface area (Å²) in [7, 11) is 4.55. The molecule has 0 bridgehead atoms. The van der Waals surface area contributed by atoms with Crippen LogP contribution in [0.5, 0.6) is 0 Å². The molecule has 0 aliphatic rings. The van der Waals surface area contributed by atoms with Crippen molar-refractivity contribution in [1.29, 1.82) is 0 Å². The third kappa shape index (κ3) is 4.32. The molecule has 1 heterocycles. The van der Waals surface area contributed by atoms with Crippen molar-refractivity contribution in [1.82, 2.24) is 0 Å². The van der Waals surface area contributed by atoms with Gasteiger partial charge in [-0.3, -0.25) is 0 Å². The first kappa shape index (κ1) is 15.1. The normalized spacial score (nSPS) is 13.8. The lowest BCUT2D eigenvalue weighted by Gasteiger charge is -2.24. The van der Waals surface area contributed by atoms with Gasteiger partial charge in [-0.15, -0.1) is 0 Å². The minimum Gasteiger partial charge on any atom is -0.380 e. The van der Waals surface area contributed by atoms with Crippen LogP contribution in [-0.4, -0.2) is 7.11 Å². The highest BCUT2D eigenvalue weighted by atomic mass is 31.1. The van der Waals surface area contributed by atoms with Crippen molar-refractivity contribution in [2.75, 3.05) is 7.11 Å². The first-order valence-electron chi connectivity index (χ1n) is 6.02. The highest BCUT2D eigenvalue weighted by molar-refractivity contribution is 7.47. The molecule has 1 rings (SSSR count). The van der Waals surface area contributed by atoms with Crippen molar-refractivity contribution in [3.8, 4) is 0 Å². The second kappa shape index (κ2) is 5.35. The molecule has 0 aromatic carbocycles. The maximum absolute atomic E-state index is 5.30. The molecule has 0 saturated carbocycles. The fraction of sp³-hybridized carbons (Fsp3) is 0.714. The van der Waals surface area contributed by atoms with Crippen molar-refractivity contribution in [2.24, 2.45) is 0 Å². The average Bonchev–Trinajstić information content (AvgIpc) is 2.15. The van der Waals surface area contributed by atoms with Gasteiger partial charge in [0.25, 0.3) is 0 Å². The Balaban J connectivity index is 3.29. The Morgan fingerprint density at radius 3 is 2.00 bits per heavy atom. The molecule has 1 nitrogen and oxygen atoms in total. The zero-order valence-corrected chi connectivity index (χ0v) is 13.9. The van der Waals surface area contributed by atoms with E-state index >= 15 is 0 Å². The summed E-state index contributed by atoms with van der Waals surface area (Å²) >= 11 is 0. The molecule has 0 atom stereocenters. The zero-order valence-electron chi connectivity index (χ0n) is 12.1. The van der Waals surface area contributed by atoms with Crippen LogP contribution in [0.25, 0.3) is 0 Å². The highest BCUT2D eigenvalue weighted by Crippen LogP contribution is 2.44. The maximum Gasteiger partial charge on any atom is 0.0756 e. The van der Waals surface area contributed by atoms with Crippen LogP contribution >= 0.6 is 16.4 Å². The maximum atomic E-state index is 5.30. The summed E-state index contributed by atoms with van der Waals surface area (Å²) in [6.45, 7) is 14.5. The molecule has 0 radical (unpaired) electrons. The lowest BCUT2D eigenvalue weighted by atomic mass is 9.94. The molecular formula is C14H24OP2. The number of hydrogen-bond donors (Lipinski definition) is 0. The molecule has 0 aliphatic heterocycles. The largest absolute Gasteiger partial charge is 0.380 e. The summed E-state index contributed by atoms with van der Waals surface area (Å²) in [5.41, 5.74) is 0.514. The van der Waals surface area contributed by atoms with Gasteiger partial charge in [-0.05, 0) is 22.2 Å². The smallest absolute Gasteiger partial charge is 0.0756 e. The van der Waals surface area contributed by atoms with Crippen LogP contribution in [-0.2, 0) is 22.2 Å². The van der Waals surface area contributed by atoms with Gasteiger partial charge >= 0.3 is 0 Å². The first-order valence-corrected chi connectivity index (χ1v) is 7.81. The minimum atomic E-state index is 0.243. The molecular weight excluding hydrogens is 246 g/mol. The van der Waals surface area contributed by atoms with E-state index in [1.807, 2.05) is 0 Å². The van der Waals surface area contributed by atoms with Crippen LogP contribution in [0.2, 0.25) is 0 Å². The standard InChI is InChI=1S/C14H24OP2/c1-13(2,3)11-8-10(9-15-7)16-12(17-11)14(4,5)6/h8H,9H2,1-7H3. The summed E-state index contributed by atoms with van der Waals surface area (Å²) in [5, 5.41) is 4.48. The summed E-state index contributed by atoms with van der Waals surface area (Å²) < 4.78 is 5.30. The van der Waals surface area contributed by atoms with E-state index in [1.54, 1.807) is 12.1 Å². The molecule has 0 spiro atoms. The van der Waals surface area contributed by atoms with E-state index in [2.05, 4.69) is 47.6 Å². The van der Waals surface area contributed by atoms with Gasteiger partial charge in [-0.2, -0.15) is 0 Å². The van der Waals surface area contributed by atoms with Crippen LogP contribution in [0.1, 0.15) is 57.2 Å². The van der Waals surface area contributed by atoms with E-state index in [1.165, 1.54) is 27.0 Å². The van der Waals surface area contributed by atoms with E-state index in [4.69, 9.17) is 4.74 Å². The molecule has 1 aromatic heterocycles. The molecule has 0 N–H and O–H groups in total. The molecule has 3 heteroatoms. The predicted molar refractivity (Wildman–Crippen MR) is 79.6 cm³/mol. The van der Waals surface area contributed by atoms with Crippen molar-refractivity contribution in [3.05, 3.63) is 21.7 Å². The quantitative estimate of drug-likeness (QED) is 0.680. The van der Waals surface area contributed by atoms with Crippen LogP contribution in [0.3, 0.4) is 0 Å². The van der Waals surface area contributed by atoms with E-state index in [0.29, 0.717) is 0 Å². The fourth-order valence-electron chi connectivity index (χ4n) is 1.44. The van der Waals surface area contributed by atoms with Crippen LogP contribution < -0.4 is 0 Å². The molecule has 96 valence electrons. The number of methoxy groups -OCH3 is 1. The van der Waals surface area contributed by atoms with E-state index in [-0.39, 0.29) is 10.8 Å². The topological polar surface area (TPSA) is 9.23 Å². The molecule has 0 saturated heterocycles. The summed E-state index contributed by atoms with van der Waals surface area (Å²) in [4.78, 5) is 0. The molecule has 0 fully saturated rings. The highest BCUT2D eigenvalue weighted by Gasteiger charge is 2.21. The monoisotopic (exact) mass is 270 g/mol. The van der Waals surface area contributed by atoms with Gasteiger partial charge in [-0.25, -0.2) is 0 Å². The SMILES string of the molecule is COCc1cc(C(C)(C)C)pc(C(C)(C)C)p1. The van der Waals surface area contributed by atoms with Crippen LogP contribution in [0.15, 0.2) is 6.07 Å². The van der Waals surface area contributed by atoms with Gasteiger partial charge < -0.3 is 4.74 Å². The fourth-order valence-corrected chi connectivity index (χ4v) is 4.56. The lowest BCUT2D eigenvalue weighted by Crippen LogP contribution is -2.12. The Kier molecular flexibility index (Phi) is 4.75. The Morgan fingerprint density at radius 2 is 1.59 bits per heavy atom. The van der Waals surface area contributed by atoms with Crippen molar-refractivity contribution < 1.29 is 4.74 Å². The third-order valence-corrected chi connectivity index (χ3v) is 6.46. The second-order valence-corrected chi connectivity index (χ2v) is 9.25. The molecule has 1 aromatic rings. The number of ether oxygens (including phenoxy) is 1. The van der Waals surface area contributed by atoms with E-state index < -0.39 is 0 Å². The van der Waals surface area contributed by atoms with Gasteiger partial charge in [0.05, 0.1) is 6.61 Å². The van der Waals surface area contributed by atoms with Gasteiger partial charge in [0.15, 0.2) is 0 Å².